The second kappa shape index (κ2) is 4.36. The second-order valence-corrected chi connectivity index (χ2v) is 6.10. The van der Waals surface area contributed by atoms with E-state index in [4.69, 9.17) is 4.52 Å². The van der Waals surface area contributed by atoms with Crippen LogP contribution in [0.3, 0.4) is 0 Å². The molecule has 1 aliphatic rings. The highest BCUT2D eigenvalue weighted by Gasteiger charge is 2.33. The Labute approximate surface area is 105 Å². The average molecular weight is 273 g/mol. The SMILES string of the molecule is Cc1noc(C)c1S(=O)(=O)NC1CC(=O)N(C)C1. The summed E-state index contributed by atoms with van der Waals surface area (Å²) in [6.07, 6.45) is 0.180. The van der Waals surface area contributed by atoms with Gasteiger partial charge in [0.25, 0.3) is 0 Å². The third kappa shape index (κ3) is 2.25. The van der Waals surface area contributed by atoms with Gasteiger partial charge in [-0.05, 0) is 13.8 Å². The number of carbonyl (C=O) groups excluding carboxylic acids is 1. The number of amides is 1. The van der Waals surface area contributed by atoms with Gasteiger partial charge < -0.3 is 9.42 Å². The molecule has 1 aromatic heterocycles. The lowest BCUT2D eigenvalue weighted by molar-refractivity contribution is -0.126. The summed E-state index contributed by atoms with van der Waals surface area (Å²) in [5, 5.41) is 3.62. The molecule has 0 saturated carbocycles. The van der Waals surface area contributed by atoms with Crippen LogP contribution in [0, 0.1) is 13.8 Å². The van der Waals surface area contributed by atoms with Crippen molar-refractivity contribution in [2.45, 2.75) is 31.2 Å². The van der Waals surface area contributed by atoms with Crippen LogP contribution < -0.4 is 4.72 Å². The molecule has 100 valence electrons. The van der Waals surface area contributed by atoms with E-state index in [1.165, 1.54) is 4.90 Å². The summed E-state index contributed by atoms with van der Waals surface area (Å²) >= 11 is 0. The average Bonchev–Trinajstić information content (AvgIpc) is 2.71. The molecule has 2 heterocycles. The minimum Gasteiger partial charge on any atom is -0.360 e. The maximum Gasteiger partial charge on any atom is 0.246 e. The van der Waals surface area contributed by atoms with Crippen molar-refractivity contribution in [3.8, 4) is 0 Å². The van der Waals surface area contributed by atoms with Crippen LogP contribution in [-0.2, 0) is 14.8 Å². The number of likely N-dealkylation sites (N-methyl/N-ethyl adjacent to an activating group) is 1. The molecule has 0 aromatic carbocycles. The van der Waals surface area contributed by atoms with Crippen molar-refractivity contribution >= 4 is 15.9 Å². The van der Waals surface area contributed by atoms with E-state index in [1.54, 1.807) is 20.9 Å². The molecule has 1 atom stereocenters. The summed E-state index contributed by atoms with van der Waals surface area (Å²) in [5.41, 5.74) is 0.317. The first-order valence-corrected chi connectivity index (χ1v) is 6.98. The van der Waals surface area contributed by atoms with E-state index in [-0.39, 0.29) is 23.0 Å². The van der Waals surface area contributed by atoms with Crippen LogP contribution in [-0.4, -0.2) is 44.0 Å². The van der Waals surface area contributed by atoms with Gasteiger partial charge in [-0.2, -0.15) is 0 Å². The van der Waals surface area contributed by atoms with E-state index in [1.807, 2.05) is 0 Å². The Morgan fingerprint density at radius 2 is 2.11 bits per heavy atom. The predicted molar refractivity (Wildman–Crippen MR) is 62.3 cm³/mol. The number of hydrogen-bond donors (Lipinski definition) is 1. The molecule has 1 unspecified atom stereocenters. The highest BCUT2D eigenvalue weighted by molar-refractivity contribution is 7.89. The molecule has 1 aromatic rings. The third-order valence-electron chi connectivity index (χ3n) is 2.90. The molecule has 0 aliphatic carbocycles. The first-order chi connectivity index (χ1) is 8.31. The van der Waals surface area contributed by atoms with Gasteiger partial charge >= 0.3 is 0 Å². The quantitative estimate of drug-likeness (QED) is 0.823. The Hall–Kier alpha value is -1.41. The lowest BCUT2D eigenvalue weighted by Gasteiger charge is -2.12. The van der Waals surface area contributed by atoms with Gasteiger partial charge in [0.2, 0.25) is 15.9 Å². The molecule has 1 saturated heterocycles. The number of aromatic nitrogens is 1. The lowest BCUT2D eigenvalue weighted by Crippen LogP contribution is -2.36. The van der Waals surface area contributed by atoms with Crippen molar-refractivity contribution in [3.63, 3.8) is 0 Å². The highest BCUT2D eigenvalue weighted by atomic mass is 32.2. The van der Waals surface area contributed by atoms with Crippen LogP contribution in [0.25, 0.3) is 0 Å². The standard InChI is InChI=1S/C10H15N3O4S/c1-6-10(7(2)17-11-6)18(15,16)12-8-4-9(14)13(3)5-8/h8,12H,4-5H2,1-3H3. The maximum atomic E-state index is 12.2. The summed E-state index contributed by atoms with van der Waals surface area (Å²) in [4.78, 5) is 12.9. The number of sulfonamides is 1. The number of rotatable bonds is 3. The normalized spacial score (nSPS) is 20.7. The molecule has 0 spiro atoms. The molecular formula is C10H15N3O4S. The zero-order valence-electron chi connectivity index (χ0n) is 10.4. The molecule has 1 aliphatic heterocycles. The third-order valence-corrected chi connectivity index (χ3v) is 4.66. The van der Waals surface area contributed by atoms with Crippen LogP contribution in [0.2, 0.25) is 0 Å². The molecule has 1 amide bonds. The molecule has 18 heavy (non-hydrogen) atoms. The second-order valence-electron chi connectivity index (χ2n) is 4.45. The largest absolute Gasteiger partial charge is 0.360 e. The lowest BCUT2D eigenvalue weighted by atomic mass is 10.3. The van der Waals surface area contributed by atoms with E-state index in [2.05, 4.69) is 9.88 Å². The van der Waals surface area contributed by atoms with Crippen LogP contribution in [0.5, 0.6) is 0 Å². The molecule has 2 rings (SSSR count). The van der Waals surface area contributed by atoms with Gasteiger partial charge in [0.05, 0.1) is 0 Å². The van der Waals surface area contributed by atoms with Crippen LogP contribution in [0.1, 0.15) is 17.9 Å². The number of likely N-dealkylation sites (tertiary alicyclic amines) is 1. The van der Waals surface area contributed by atoms with Crippen LogP contribution in [0.15, 0.2) is 9.42 Å². The van der Waals surface area contributed by atoms with E-state index in [0.717, 1.165) is 0 Å². The Morgan fingerprint density at radius 3 is 2.56 bits per heavy atom. The fraction of sp³-hybridized carbons (Fsp3) is 0.600. The summed E-state index contributed by atoms with van der Waals surface area (Å²) in [6, 6.07) is -0.402. The number of nitrogens with zero attached hydrogens (tertiary/aromatic N) is 2. The van der Waals surface area contributed by atoms with Crippen molar-refractivity contribution in [3.05, 3.63) is 11.5 Å². The maximum absolute atomic E-state index is 12.2. The first-order valence-electron chi connectivity index (χ1n) is 5.50. The zero-order valence-corrected chi connectivity index (χ0v) is 11.2. The monoisotopic (exact) mass is 273 g/mol. The number of aryl methyl sites for hydroxylation is 2. The Bertz CT molecular complexity index is 558. The van der Waals surface area contributed by atoms with Gasteiger partial charge in [0.15, 0.2) is 5.76 Å². The summed E-state index contributed by atoms with van der Waals surface area (Å²) < 4.78 is 31.7. The Balaban J connectivity index is 2.21. The van der Waals surface area contributed by atoms with Gasteiger partial charge in [-0.3, -0.25) is 4.79 Å². The molecule has 0 radical (unpaired) electrons. The van der Waals surface area contributed by atoms with Gasteiger partial charge in [-0.1, -0.05) is 5.16 Å². The van der Waals surface area contributed by atoms with Crippen molar-refractivity contribution in [1.82, 2.24) is 14.8 Å². The predicted octanol–water partition coefficient (Wildman–Crippen LogP) is -0.200. The fourth-order valence-corrected chi connectivity index (χ4v) is 3.64. The van der Waals surface area contributed by atoms with Gasteiger partial charge in [0.1, 0.15) is 10.6 Å². The van der Waals surface area contributed by atoms with Crippen molar-refractivity contribution in [1.29, 1.82) is 0 Å². The van der Waals surface area contributed by atoms with E-state index >= 15 is 0 Å². The summed E-state index contributed by atoms with van der Waals surface area (Å²) in [7, 11) is -2.05. The number of hydrogen-bond acceptors (Lipinski definition) is 5. The van der Waals surface area contributed by atoms with Crippen molar-refractivity contribution in [2.75, 3.05) is 13.6 Å². The Morgan fingerprint density at radius 1 is 1.44 bits per heavy atom. The molecular weight excluding hydrogens is 258 g/mol. The topological polar surface area (TPSA) is 92.5 Å². The summed E-state index contributed by atoms with van der Waals surface area (Å²) in [5.74, 6) is 0.180. The van der Waals surface area contributed by atoms with Crippen LogP contribution in [0.4, 0.5) is 0 Å². The van der Waals surface area contributed by atoms with E-state index < -0.39 is 16.1 Å². The highest BCUT2D eigenvalue weighted by Crippen LogP contribution is 2.20. The van der Waals surface area contributed by atoms with Gasteiger partial charge in [-0.25, -0.2) is 13.1 Å². The van der Waals surface area contributed by atoms with E-state index in [9.17, 15) is 13.2 Å². The van der Waals surface area contributed by atoms with Crippen molar-refractivity contribution < 1.29 is 17.7 Å². The zero-order chi connectivity index (χ0) is 13.5. The number of nitrogens with one attached hydrogen (secondary N) is 1. The minimum atomic E-state index is -3.69. The van der Waals surface area contributed by atoms with Gasteiger partial charge in [-0.15, -0.1) is 0 Å². The molecule has 1 fully saturated rings. The van der Waals surface area contributed by atoms with Crippen molar-refractivity contribution in [2.24, 2.45) is 0 Å². The Kier molecular flexibility index (Phi) is 3.16. The smallest absolute Gasteiger partial charge is 0.246 e. The molecule has 1 N–H and O–H groups in total. The molecule has 7 nitrogen and oxygen atoms in total. The molecule has 0 bridgehead atoms. The number of carbonyl (C=O) groups is 1. The first kappa shape index (κ1) is 13.0. The minimum absolute atomic E-state index is 0.0597. The van der Waals surface area contributed by atoms with Crippen LogP contribution >= 0.6 is 0 Å². The molecule has 8 heteroatoms. The van der Waals surface area contributed by atoms with Gasteiger partial charge in [0, 0.05) is 26.1 Å². The van der Waals surface area contributed by atoms with E-state index in [0.29, 0.717) is 12.2 Å². The fourth-order valence-electron chi connectivity index (χ4n) is 2.08. The summed E-state index contributed by atoms with van der Waals surface area (Å²) in [6.45, 7) is 3.49.